The number of nitrogens with zero attached hydrogens (tertiary/aromatic N) is 1. The molecule has 0 spiro atoms. The Bertz CT molecular complexity index is 1870. The van der Waals surface area contributed by atoms with E-state index in [1.54, 1.807) is 24.3 Å². The number of phenolic OH excluding ortho intramolecular Hbond substituents is 1. The lowest BCUT2D eigenvalue weighted by Crippen LogP contribution is -2.33. The largest absolute Gasteiger partial charge is 0.508 e. The number of aromatic carboxylic acids is 1. The SMILES string of the molecule is NC(N)=NCCNC(=O)CCCCCNC(=O)CCNC(=S)Nc1ccc(-c2c3ccc(=O)cc-3oc3cc(O)ccc23)c(C(=O)O)c1. The molecule has 0 unspecified atom stereocenters. The zero-order valence-electron chi connectivity index (χ0n) is 26.0. The second-order valence-corrected chi connectivity index (χ2v) is 11.2. The minimum atomic E-state index is -1.19. The number of carbonyl (C=O) groups is 3. The normalized spacial score (nSPS) is 10.8. The number of rotatable bonds is 15. The number of aromatic hydroxyl groups is 1. The minimum absolute atomic E-state index is 0.0177. The van der Waals surface area contributed by atoms with Crippen molar-refractivity contribution in [2.75, 3.05) is 31.5 Å². The minimum Gasteiger partial charge on any atom is -0.508 e. The Morgan fingerprint density at radius 2 is 1.58 bits per heavy atom. The first-order valence-corrected chi connectivity index (χ1v) is 15.6. The van der Waals surface area contributed by atoms with Gasteiger partial charge in [-0.1, -0.05) is 12.5 Å². The second kappa shape index (κ2) is 16.7. The molecule has 2 aromatic rings. The summed E-state index contributed by atoms with van der Waals surface area (Å²) in [5.41, 5.74) is 12.3. The highest BCUT2D eigenvalue weighted by Crippen LogP contribution is 2.42. The number of benzene rings is 3. The Hall–Kier alpha value is -5.70. The van der Waals surface area contributed by atoms with Crippen molar-refractivity contribution in [2.45, 2.75) is 32.1 Å². The van der Waals surface area contributed by atoms with Crippen LogP contribution in [0.5, 0.6) is 5.75 Å². The molecular formula is C33H37N7O7S. The molecule has 1 heterocycles. The molecule has 252 valence electrons. The number of carboxylic acids is 1. The molecule has 0 radical (unpaired) electrons. The van der Waals surface area contributed by atoms with E-state index < -0.39 is 5.97 Å². The van der Waals surface area contributed by atoms with Gasteiger partial charge in [0.25, 0.3) is 0 Å². The van der Waals surface area contributed by atoms with E-state index in [2.05, 4.69) is 26.3 Å². The maximum Gasteiger partial charge on any atom is 0.336 e. The lowest BCUT2D eigenvalue weighted by molar-refractivity contribution is -0.122. The third-order valence-electron chi connectivity index (χ3n) is 7.22. The number of hydrogen-bond acceptors (Lipinski definition) is 8. The van der Waals surface area contributed by atoms with Gasteiger partial charge >= 0.3 is 5.97 Å². The molecule has 10 N–H and O–H groups in total. The average molecular weight is 676 g/mol. The first kappa shape index (κ1) is 35.2. The van der Waals surface area contributed by atoms with Crippen LogP contribution in [0.4, 0.5) is 5.69 Å². The van der Waals surface area contributed by atoms with E-state index in [0.717, 1.165) is 12.8 Å². The van der Waals surface area contributed by atoms with Gasteiger partial charge in [-0.3, -0.25) is 19.4 Å². The van der Waals surface area contributed by atoms with Crippen LogP contribution in [0.2, 0.25) is 0 Å². The van der Waals surface area contributed by atoms with Gasteiger partial charge in [-0.15, -0.1) is 0 Å². The molecule has 2 aliphatic rings. The Morgan fingerprint density at radius 1 is 0.833 bits per heavy atom. The van der Waals surface area contributed by atoms with Gasteiger partial charge in [0.15, 0.2) is 16.5 Å². The van der Waals surface area contributed by atoms with Gasteiger partial charge in [0, 0.05) is 66.8 Å². The van der Waals surface area contributed by atoms with E-state index in [9.17, 15) is 29.4 Å². The Morgan fingerprint density at radius 3 is 2.35 bits per heavy atom. The van der Waals surface area contributed by atoms with Gasteiger partial charge < -0.3 is 47.4 Å². The average Bonchev–Trinajstić information content (AvgIpc) is 3.03. The van der Waals surface area contributed by atoms with Crippen molar-refractivity contribution in [1.29, 1.82) is 0 Å². The number of carboxylic acid groups (broad SMARTS) is 1. The summed E-state index contributed by atoms with van der Waals surface area (Å²) >= 11 is 5.36. The molecule has 0 saturated carbocycles. The maximum absolute atomic E-state index is 12.4. The number of thiocarbonyl (C=S) groups is 1. The monoisotopic (exact) mass is 675 g/mol. The molecule has 0 fully saturated rings. The molecule has 15 heteroatoms. The number of nitrogens with two attached hydrogens (primary N) is 2. The molecule has 1 aliphatic heterocycles. The predicted molar refractivity (Wildman–Crippen MR) is 187 cm³/mol. The second-order valence-electron chi connectivity index (χ2n) is 10.8. The van der Waals surface area contributed by atoms with Gasteiger partial charge in [0.1, 0.15) is 17.1 Å². The van der Waals surface area contributed by atoms with E-state index >= 15 is 0 Å². The first-order valence-electron chi connectivity index (χ1n) is 15.2. The topological polar surface area (TPSA) is 234 Å². The van der Waals surface area contributed by atoms with Crippen LogP contribution in [0, 0.1) is 0 Å². The van der Waals surface area contributed by atoms with Gasteiger partial charge in [-0.05, 0) is 67.0 Å². The van der Waals surface area contributed by atoms with Crippen molar-refractivity contribution in [3.8, 4) is 28.2 Å². The van der Waals surface area contributed by atoms with Gasteiger partial charge in [-0.25, -0.2) is 4.79 Å². The molecule has 0 bridgehead atoms. The maximum atomic E-state index is 12.4. The number of anilines is 1. The van der Waals surface area contributed by atoms with E-state index in [0.29, 0.717) is 60.2 Å². The fourth-order valence-corrected chi connectivity index (χ4v) is 5.22. The number of fused-ring (bicyclic) bond motifs is 2. The van der Waals surface area contributed by atoms with Crippen LogP contribution in [-0.4, -0.2) is 65.2 Å². The molecule has 2 amide bonds. The molecule has 14 nitrogen and oxygen atoms in total. The van der Waals surface area contributed by atoms with Crippen LogP contribution in [0.15, 0.2) is 68.8 Å². The zero-order valence-corrected chi connectivity index (χ0v) is 26.8. The van der Waals surface area contributed by atoms with E-state index in [4.69, 9.17) is 28.1 Å². The zero-order chi connectivity index (χ0) is 34.6. The lowest BCUT2D eigenvalue weighted by atomic mass is 9.90. The lowest BCUT2D eigenvalue weighted by Gasteiger charge is -2.18. The number of aliphatic imine (C=N–C) groups is 1. The summed E-state index contributed by atoms with van der Waals surface area (Å²) in [5.74, 6) is -1.23. The van der Waals surface area contributed by atoms with Gasteiger partial charge in [0.05, 0.1) is 12.1 Å². The fourth-order valence-electron chi connectivity index (χ4n) is 5.00. The van der Waals surface area contributed by atoms with E-state index in [1.807, 2.05) is 0 Å². The van der Waals surface area contributed by atoms with Gasteiger partial charge in [0.2, 0.25) is 11.8 Å². The van der Waals surface area contributed by atoms with Crippen LogP contribution in [-0.2, 0) is 9.59 Å². The number of nitrogens with one attached hydrogen (secondary N) is 4. The molecule has 0 aromatic heterocycles. The van der Waals surface area contributed by atoms with Crippen LogP contribution in [0.3, 0.4) is 0 Å². The summed E-state index contributed by atoms with van der Waals surface area (Å²) in [5, 5.41) is 32.4. The van der Waals surface area contributed by atoms with Crippen LogP contribution in [0.1, 0.15) is 42.5 Å². The van der Waals surface area contributed by atoms with E-state index in [1.165, 1.54) is 30.3 Å². The van der Waals surface area contributed by atoms with Gasteiger partial charge in [-0.2, -0.15) is 0 Å². The Labute approximate surface area is 280 Å². The number of amides is 2. The highest BCUT2D eigenvalue weighted by molar-refractivity contribution is 7.80. The summed E-state index contributed by atoms with van der Waals surface area (Å²) in [7, 11) is 0. The number of guanidine groups is 1. The fraction of sp³-hybridized carbons (Fsp3) is 0.273. The molecule has 0 atom stereocenters. The summed E-state index contributed by atoms with van der Waals surface area (Å²) in [6, 6.07) is 13.5. The third-order valence-corrected chi connectivity index (χ3v) is 7.47. The molecule has 2 aromatic carbocycles. The van der Waals surface area contributed by atoms with Crippen LogP contribution < -0.4 is 38.2 Å². The number of unbranched alkanes of at least 4 members (excludes halogenated alkanes) is 2. The van der Waals surface area contributed by atoms with Crippen molar-refractivity contribution >= 4 is 57.7 Å². The third kappa shape index (κ3) is 9.90. The number of hydrogen-bond donors (Lipinski definition) is 8. The van der Waals surface area contributed by atoms with Crippen LogP contribution >= 0.6 is 12.2 Å². The highest BCUT2D eigenvalue weighted by Gasteiger charge is 2.22. The quantitative estimate of drug-likeness (QED) is 0.0299. The van der Waals surface area contributed by atoms with Crippen molar-refractivity contribution in [3.63, 3.8) is 0 Å². The summed E-state index contributed by atoms with van der Waals surface area (Å²) < 4.78 is 5.87. The Balaban J connectivity index is 1.28. The standard InChI is InChI=1S/C33H37N7O7S/c34-32(35)38-15-14-37-28(43)4-2-1-3-12-36-29(44)11-13-39-33(48)40-19-5-8-22(25(16-19)31(45)46)30-23-9-6-20(41)17-26(23)47-27-18-21(42)7-10-24(27)30/h5-10,16-18,41H,1-4,11-15H2,(H,36,44)(H,37,43)(H,45,46)(H4,34,35,38)(H2,39,40,48). The molecule has 1 aliphatic carbocycles. The van der Waals surface area contributed by atoms with Crippen LogP contribution in [0.25, 0.3) is 33.4 Å². The van der Waals surface area contributed by atoms with Crippen molar-refractivity contribution in [1.82, 2.24) is 16.0 Å². The molecular weight excluding hydrogens is 638 g/mol. The smallest absolute Gasteiger partial charge is 0.336 e. The Kier molecular flexibility index (Phi) is 12.3. The number of carbonyl (C=O) groups excluding carboxylic acids is 2. The molecule has 0 saturated heterocycles. The molecule has 48 heavy (non-hydrogen) atoms. The summed E-state index contributed by atoms with van der Waals surface area (Å²) in [6.07, 6.45) is 2.75. The summed E-state index contributed by atoms with van der Waals surface area (Å²) in [4.78, 5) is 52.3. The van der Waals surface area contributed by atoms with Crippen molar-refractivity contribution in [3.05, 3.63) is 70.4 Å². The van der Waals surface area contributed by atoms with Crippen molar-refractivity contribution < 1.29 is 29.0 Å². The first-order chi connectivity index (χ1) is 23.0. The van der Waals surface area contributed by atoms with Crippen molar-refractivity contribution in [2.24, 2.45) is 16.5 Å². The number of phenols is 1. The van der Waals surface area contributed by atoms with E-state index in [-0.39, 0.29) is 63.9 Å². The highest BCUT2D eigenvalue weighted by atomic mass is 32.1. The molecule has 4 rings (SSSR count). The summed E-state index contributed by atoms with van der Waals surface area (Å²) in [6.45, 7) is 1.43. The predicted octanol–water partition coefficient (Wildman–Crippen LogP) is 2.71.